The van der Waals surface area contributed by atoms with Crippen LogP contribution >= 0.6 is 0 Å². The SMILES string of the molecule is CC(C)(C)OC(=O)N1CC2(CN(N=O)C2)C1. The Morgan fingerprint density at radius 1 is 1.25 bits per heavy atom. The second kappa shape index (κ2) is 3.33. The number of nitrogens with zero attached hydrogens (tertiary/aromatic N) is 3. The highest BCUT2D eigenvalue weighted by Gasteiger charge is 2.54. The van der Waals surface area contributed by atoms with Crippen LogP contribution in [0.15, 0.2) is 5.29 Å². The zero-order valence-electron chi connectivity index (χ0n) is 9.89. The van der Waals surface area contributed by atoms with Crippen LogP contribution in [0.4, 0.5) is 4.79 Å². The van der Waals surface area contributed by atoms with E-state index in [1.54, 1.807) is 4.90 Å². The fraction of sp³-hybridized carbons (Fsp3) is 0.900. The number of likely N-dealkylation sites (tertiary alicyclic amines) is 1. The van der Waals surface area contributed by atoms with E-state index >= 15 is 0 Å². The molecule has 1 amide bonds. The van der Waals surface area contributed by atoms with Crippen LogP contribution in [0.25, 0.3) is 0 Å². The van der Waals surface area contributed by atoms with Crippen LogP contribution in [0.3, 0.4) is 0 Å². The molecule has 2 rings (SSSR count). The second-order valence-electron chi connectivity index (χ2n) is 5.74. The lowest BCUT2D eigenvalue weighted by atomic mass is 9.74. The molecule has 0 aromatic carbocycles. The van der Waals surface area contributed by atoms with Gasteiger partial charge in [-0.25, -0.2) is 4.79 Å². The van der Waals surface area contributed by atoms with Crippen molar-refractivity contribution < 1.29 is 9.53 Å². The van der Waals surface area contributed by atoms with Crippen molar-refractivity contribution in [2.24, 2.45) is 10.7 Å². The van der Waals surface area contributed by atoms with Gasteiger partial charge in [-0.1, -0.05) is 0 Å². The summed E-state index contributed by atoms with van der Waals surface area (Å²) >= 11 is 0. The van der Waals surface area contributed by atoms with Crippen LogP contribution in [0.1, 0.15) is 20.8 Å². The molecule has 0 aromatic heterocycles. The average molecular weight is 227 g/mol. The number of hydrogen-bond acceptors (Lipinski definition) is 4. The Morgan fingerprint density at radius 3 is 2.25 bits per heavy atom. The van der Waals surface area contributed by atoms with E-state index in [2.05, 4.69) is 5.29 Å². The molecule has 6 nitrogen and oxygen atoms in total. The fourth-order valence-electron chi connectivity index (χ4n) is 2.20. The third kappa shape index (κ3) is 1.96. The van der Waals surface area contributed by atoms with Crippen LogP contribution < -0.4 is 0 Å². The zero-order valence-corrected chi connectivity index (χ0v) is 9.89. The Kier molecular flexibility index (Phi) is 2.32. The Bertz CT molecular complexity index is 310. The van der Waals surface area contributed by atoms with Crippen molar-refractivity contribution >= 4 is 6.09 Å². The van der Waals surface area contributed by atoms with Crippen LogP contribution in [0.2, 0.25) is 0 Å². The molecular formula is C10H17N3O3. The Balaban J connectivity index is 1.77. The highest BCUT2D eigenvalue weighted by Crippen LogP contribution is 2.40. The van der Waals surface area contributed by atoms with E-state index in [-0.39, 0.29) is 11.5 Å². The van der Waals surface area contributed by atoms with Gasteiger partial charge in [0.1, 0.15) is 5.60 Å². The number of ether oxygens (including phenoxy) is 1. The summed E-state index contributed by atoms with van der Waals surface area (Å²) in [5.74, 6) is 0. The number of hydrogen-bond donors (Lipinski definition) is 0. The van der Waals surface area contributed by atoms with Crippen LogP contribution in [0, 0.1) is 10.3 Å². The molecule has 0 aromatic rings. The summed E-state index contributed by atoms with van der Waals surface area (Å²) in [5.41, 5.74) is -0.347. The van der Waals surface area contributed by atoms with Gasteiger partial charge >= 0.3 is 6.09 Å². The molecule has 1 spiro atoms. The van der Waals surface area contributed by atoms with Gasteiger partial charge in [-0.15, -0.1) is 4.91 Å². The lowest BCUT2D eigenvalue weighted by Gasteiger charge is -2.57. The minimum Gasteiger partial charge on any atom is -0.444 e. The third-order valence-electron chi connectivity index (χ3n) is 2.86. The summed E-state index contributed by atoms with van der Waals surface area (Å²) in [6, 6.07) is 0. The molecule has 0 saturated carbocycles. The highest BCUT2D eigenvalue weighted by molar-refractivity contribution is 5.69. The predicted octanol–water partition coefficient (Wildman–Crippen LogP) is 1.22. The normalized spacial score (nSPS) is 22.4. The third-order valence-corrected chi connectivity index (χ3v) is 2.86. The zero-order chi connectivity index (χ0) is 12.0. The molecule has 2 aliphatic heterocycles. The van der Waals surface area contributed by atoms with Crippen LogP contribution in [-0.2, 0) is 4.74 Å². The number of amides is 1. The maximum atomic E-state index is 11.6. The average Bonchev–Trinajstić information content (AvgIpc) is 1.95. The van der Waals surface area contributed by atoms with Crippen LogP contribution in [-0.4, -0.2) is 47.8 Å². The van der Waals surface area contributed by atoms with Gasteiger partial charge in [0.15, 0.2) is 0 Å². The second-order valence-corrected chi connectivity index (χ2v) is 5.74. The Hall–Kier alpha value is -1.33. The van der Waals surface area contributed by atoms with Crippen molar-refractivity contribution in [1.29, 1.82) is 0 Å². The summed E-state index contributed by atoms with van der Waals surface area (Å²) < 4.78 is 5.24. The highest BCUT2D eigenvalue weighted by atomic mass is 16.6. The summed E-state index contributed by atoms with van der Waals surface area (Å²) in [6.45, 7) is 8.22. The maximum absolute atomic E-state index is 11.6. The first-order valence-corrected chi connectivity index (χ1v) is 5.40. The molecule has 0 atom stereocenters. The van der Waals surface area contributed by atoms with Crippen molar-refractivity contribution in [2.75, 3.05) is 26.2 Å². The minimum atomic E-state index is -0.449. The molecule has 0 radical (unpaired) electrons. The molecule has 0 N–H and O–H groups in total. The van der Waals surface area contributed by atoms with Crippen molar-refractivity contribution in [3.8, 4) is 0 Å². The molecule has 2 aliphatic rings. The summed E-state index contributed by atoms with van der Waals surface area (Å²) in [5, 5.41) is 4.33. The van der Waals surface area contributed by atoms with E-state index in [0.29, 0.717) is 26.2 Å². The Morgan fingerprint density at radius 2 is 1.81 bits per heavy atom. The monoisotopic (exact) mass is 227 g/mol. The number of nitroso groups, excluding NO2 is 1. The summed E-state index contributed by atoms with van der Waals surface area (Å²) in [4.78, 5) is 23.5. The van der Waals surface area contributed by atoms with Gasteiger partial charge in [0, 0.05) is 18.5 Å². The van der Waals surface area contributed by atoms with Gasteiger partial charge in [-0.2, -0.15) is 0 Å². The van der Waals surface area contributed by atoms with Gasteiger partial charge < -0.3 is 9.64 Å². The van der Waals surface area contributed by atoms with Gasteiger partial charge in [0.05, 0.1) is 18.4 Å². The van der Waals surface area contributed by atoms with Crippen molar-refractivity contribution in [1.82, 2.24) is 9.91 Å². The molecule has 0 bridgehead atoms. The van der Waals surface area contributed by atoms with E-state index in [1.165, 1.54) is 5.01 Å². The lowest BCUT2D eigenvalue weighted by molar-refractivity contribution is -0.112. The smallest absolute Gasteiger partial charge is 0.410 e. The molecule has 2 fully saturated rings. The van der Waals surface area contributed by atoms with E-state index < -0.39 is 5.60 Å². The minimum absolute atomic E-state index is 0.102. The van der Waals surface area contributed by atoms with E-state index in [9.17, 15) is 9.70 Å². The molecule has 2 saturated heterocycles. The molecule has 90 valence electrons. The number of carbonyl (C=O) groups is 1. The topological polar surface area (TPSA) is 62.2 Å². The molecule has 6 heteroatoms. The largest absolute Gasteiger partial charge is 0.444 e. The predicted molar refractivity (Wildman–Crippen MR) is 57.6 cm³/mol. The molecular weight excluding hydrogens is 210 g/mol. The summed E-state index contributed by atoms with van der Waals surface area (Å²) in [7, 11) is 0. The van der Waals surface area contributed by atoms with E-state index in [1.807, 2.05) is 20.8 Å². The number of rotatable bonds is 1. The van der Waals surface area contributed by atoms with Gasteiger partial charge in [-0.3, -0.25) is 5.01 Å². The Labute approximate surface area is 94.5 Å². The molecule has 0 aliphatic carbocycles. The molecule has 0 unspecified atom stereocenters. The lowest BCUT2D eigenvalue weighted by Crippen LogP contribution is -2.71. The quantitative estimate of drug-likeness (QED) is 0.632. The van der Waals surface area contributed by atoms with E-state index in [4.69, 9.17) is 4.74 Å². The van der Waals surface area contributed by atoms with Crippen molar-refractivity contribution in [3.05, 3.63) is 4.91 Å². The first-order chi connectivity index (χ1) is 7.34. The number of carbonyl (C=O) groups excluding carboxylic acids is 1. The van der Waals surface area contributed by atoms with Gasteiger partial charge in [0.2, 0.25) is 0 Å². The van der Waals surface area contributed by atoms with Gasteiger partial charge in [0.25, 0.3) is 0 Å². The molecule has 2 heterocycles. The van der Waals surface area contributed by atoms with Gasteiger partial charge in [-0.05, 0) is 20.8 Å². The first kappa shape index (κ1) is 11.2. The maximum Gasteiger partial charge on any atom is 0.410 e. The van der Waals surface area contributed by atoms with Crippen LogP contribution in [0.5, 0.6) is 0 Å². The standard InChI is InChI=1S/C10H17N3O3/c1-9(2,3)16-8(14)12-4-10(5-12)6-13(7-10)11-15/h4-7H2,1-3H3. The first-order valence-electron chi connectivity index (χ1n) is 5.40. The fourth-order valence-corrected chi connectivity index (χ4v) is 2.20. The molecule has 16 heavy (non-hydrogen) atoms. The van der Waals surface area contributed by atoms with E-state index in [0.717, 1.165) is 0 Å². The van der Waals surface area contributed by atoms with Crippen molar-refractivity contribution in [3.63, 3.8) is 0 Å². The van der Waals surface area contributed by atoms with Crippen molar-refractivity contribution in [2.45, 2.75) is 26.4 Å². The summed E-state index contributed by atoms with van der Waals surface area (Å²) in [6.07, 6.45) is -0.268.